The Hall–Kier alpha value is -2.56. The number of fused-ring (bicyclic) bond motifs is 3. The van der Waals surface area contributed by atoms with E-state index in [1.807, 2.05) is 19.1 Å². The molecule has 0 fully saturated rings. The van der Waals surface area contributed by atoms with Crippen LogP contribution >= 0.6 is 0 Å². The minimum Gasteiger partial charge on any atom is -0.477 e. The van der Waals surface area contributed by atoms with Crippen LogP contribution < -0.4 is 5.63 Å². The van der Waals surface area contributed by atoms with Gasteiger partial charge < -0.3 is 14.1 Å². The van der Waals surface area contributed by atoms with Crippen molar-refractivity contribution in [1.29, 1.82) is 0 Å². The molecule has 96 valence electrons. The molecule has 2 heterocycles. The second-order valence-electron chi connectivity index (χ2n) is 4.23. The standard InChI is InChI=1S/C14H11NO4/c1-2-15-10(13(16)17)7-9-12(15)8-5-3-4-6-11(8)19-14(9)18/h3-7H,2H2,1H3,(H,16,17). The minimum atomic E-state index is -1.05. The van der Waals surface area contributed by atoms with Crippen LogP contribution in [0.5, 0.6) is 0 Å². The van der Waals surface area contributed by atoms with Crippen molar-refractivity contribution in [2.24, 2.45) is 0 Å². The number of para-hydroxylation sites is 1. The van der Waals surface area contributed by atoms with E-state index in [1.165, 1.54) is 6.07 Å². The molecule has 0 aliphatic rings. The van der Waals surface area contributed by atoms with E-state index in [2.05, 4.69) is 0 Å². The predicted molar refractivity (Wildman–Crippen MR) is 70.6 cm³/mol. The molecule has 0 spiro atoms. The number of nitrogens with zero attached hydrogens (tertiary/aromatic N) is 1. The molecule has 1 N–H and O–H groups in total. The normalized spacial score (nSPS) is 11.2. The van der Waals surface area contributed by atoms with Crippen molar-refractivity contribution < 1.29 is 14.3 Å². The van der Waals surface area contributed by atoms with E-state index in [0.29, 0.717) is 23.0 Å². The molecule has 0 atom stereocenters. The third-order valence-corrected chi connectivity index (χ3v) is 3.20. The Bertz CT molecular complexity index is 857. The lowest BCUT2D eigenvalue weighted by molar-refractivity contribution is 0.0686. The predicted octanol–water partition coefficient (Wildman–Crippen LogP) is 2.47. The van der Waals surface area contributed by atoms with Gasteiger partial charge in [-0.05, 0) is 25.1 Å². The van der Waals surface area contributed by atoms with Gasteiger partial charge in [-0.1, -0.05) is 12.1 Å². The maximum absolute atomic E-state index is 11.9. The van der Waals surface area contributed by atoms with Crippen LogP contribution in [0.1, 0.15) is 17.4 Å². The summed E-state index contributed by atoms with van der Waals surface area (Å²) in [6.07, 6.45) is 0. The van der Waals surface area contributed by atoms with Crippen molar-refractivity contribution in [1.82, 2.24) is 4.57 Å². The number of aromatic nitrogens is 1. The van der Waals surface area contributed by atoms with Crippen LogP contribution in [0.4, 0.5) is 0 Å². The molecule has 0 saturated carbocycles. The van der Waals surface area contributed by atoms with Crippen molar-refractivity contribution in [2.75, 3.05) is 0 Å². The van der Waals surface area contributed by atoms with Crippen molar-refractivity contribution >= 4 is 27.8 Å². The van der Waals surface area contributed by atoms with Crippen molar-refractivity contribution in [3.8, 4) is 0 Å². The highest BCUT2D eigenvalue weighted by Crippen LogP contribution is 2.25. The Morgan fingerprint density at radius 2 is 2.05 bits per heavy atom. The molecule has 0 amide bonds. The highest BCUT2D eigenvalue weighted by molar-refractivity contribution is 6.06. The third-order valence-electron chi connectivity index (χ3n) is 3.20. The Morgan fingerprint density at radius 1 is 1.32 bits per heavy atom. The Morgan fingerprint density at radius 3 is 2.74 bits per heavy atom. The number of hydrogen-bond donors (Lipinski definition) is 1. The van der Waals surface area contributed by atoms with E-state index in [1.54, 1.807) is 16.7 Å². The fourth-order valence-corrected chi connectivity index (χ4v) is 2.41. The van der Waals surface area contributed by atoms with Gasteiger partial charge in [0.25, 0.3) is 0 Å². The number of carbonyl (C=O) groups is 1. The summed E-state index contributed by atoms with van der Waals surface area (Å²) in [6.45, 7) is 2.31. The van der Waals surface area contributed by atoms with Gasteiger partial charge >= 0.3 is 11.6 Å². The van der Waals surface area contributed by atoms with E-state index < -0.39 is 11.6 Å². The molecule has 0 aliphatic carbocycles. The second-order valence-corrected chi connectivity index (χ2v) is 4.23. The lowest BCUT2D eigenvalue weighted by Gasteiger charge is -2.06. The van der Waals surface area contributed by atoms with Gasteiger partial charge in [0.2, 0.25) is 0 Å². The molecule has 3 rings (SSSR count). The monoisotopic (exact) mass is 257 g/mol. The lowest BCUT2D eigenvalue weighted by Crippen LogP contribution is -2.07. The highest BCUT2D eigenvalue weighted by atomic mass is 16.4. The second kappa shape index (κ2) is 3.98. The van der Waals surface area contributed by atoms with E-state index in [9.17, 15) is 14.7 Å². The lowest BCUT2D eigenvalue weighted by atomic mass is 10.2. The highest BCUT2D eigenvalue weighted by Gasteiger charge is 2.18. The van der Waals surface area contributed by atoms with Crippen LogP contribution in [0.25, 0.3) is 21.9 Å². The minimum absolute atomic E-state index is 0.0983. The summed E-state index contributed by atoms with van der Waals surface area (Å²) in [5.41, 5.74) is 0.668. The quantitative estimate of drug-likeness (QED) is 0.716. The van der Waals surface area contributed by atoms with Gasteiger partial charge in [-0.15, -0.1) is 0 Å². The Labute approximate surface area is 107 Å². The first-order chi connectivity index (χ1) is 9.13. The molecule has 0 radical (unpaired) electrons. The summed E-state index contributed by atoms with van der Waals surface area (Å²) in [7, 11) is 0. The molecule has 0 unspecified atom stereocenters. The first-order valence-corrected chi connectivity index (χ1v) is 5.92. The third kappa shape index (κ3) is 1.55. The van der Waals surface area contributed by atoms with Crippen molar-refractivity contribution in [2.45, 2.75) is 13.5 Å². The largest absolute Gasteiger partial charge is 0.477 e. The number of rotatable bonds is 2. The first-order valence-electron chi connectivity index (χ1n) is 5.92. The zero-order valence-electron chi connectivity index (χ0n) is 10.2. The number of aryl methyl sites for hydroxylation is 1. The maximum Gasteiger partial charge on any atom is 0.352 e. The van der Waals surface area contributed by atoms with Crippen molar-refractivity contribution in [3.63, 3.8) is 0 Å². The SMILES string of the molecule is CCn1c(C(=O)O)cc2c(=O)oc3ccccc3c21. The summed E-state index contributed by atoms with van der Waals surface area (Å²) in [5, 5.41) is 10.3. The fraction of sp³-hybridized carbons (Fsp3) is 0.143. The summed E-state index contributed by atoms with van der Waals surface area (Å²) in [6, 6.07) is 8.49. The molecule has 5 nitrogen and oxygen atoms in total. The fourth-order valence-electron chi connectivity index (χ4n) is 2.41. The number of benzene rings is 1. The zero-order chi connectivity index (χ0) is 13.6. The average molecular weight is 257 g/mol. The average Bonchev–Trinajstić information content (AvgIpc) is 2.79. The number of carboxylic acid groups (broad SMARTS) is 1. The van der Waals surface area contributed by atoms with Gasteiger partial charge in [0.1, 0.15) is 11.3 Å². The van der Waals surface area contributed by atoms with Crippen LogP contribution in [0.15, 0.2) is 39.5 Å². The molecule has 1 aromatic carbocycles. The molecule has 3 aromatic rings. The van der Waals surface area contributed by atoms with Gasteiger partial charge in [0, 0.05) is 11.9 Å². The molecule has 0 aliphatic heterocycles. The maximum atomic E-state index is 11.9. The Kier molecular flexibility index (Phi) is 2.41. The zero-order valence-corrected chi connectivity index (χ0v) is 10.2. The van der Waals surface area contributed by atoms with E-state index >= 15 is 0 Å². The van der Waals surface area contributed by atoms with Gasteiger partial charge in [0.05, 0.1) is 10.9 Å². The van der Waals surface area contributed by atoms with Crippen LogP contribution in [0, 0.1) is 0 Å². The molecule has 0 bridgehead atoms. The van der Waals surface area contributed by atoms with Gasteiger partial charge in [0.15, 0.2) is 0 Å². The molecular weight excluding hydrogens is 246 g/mol. The molecular formula is C14H11NO4. The molecule has 19 heavy (non-hydrogen) atoms. The van der Waals surface area contributed by atoms with Crippen LogP contribution in [0.3, 0.4) is 0 Å². The summed E-state index contributed by atoms with van der Waals surface area (Å²) >= 11 is 0. The molecule has 0 saturated heterocycles. The van der Waals surface area contributed by atoms with Crippen LogP contribution in [0.2, 0.25) is 0 Å². The van der Waals surface area contributed by atoms with Crippen molar-refractivity contribution in [3.05, 3.63) is 46.4 Å². The van der Waals surface area contributed by atoms with Crippen LogP contribution in [-0.4, -0.2) is 15.6 Å². The summed E-state index contributed by atoms with van der Waals surface area (Å²) < 4.78 is 6.83. The molecule has 2 aromatic heterocycles. The van der Waals surface area contributed by atoms with E-state index in [0.717, 1.165) is 5.39 Å². The van der Waals surface area contributed by atoms with E-state index in [4.69, 9.17) is 4.42 Å². The number of hydrogen-bond acceptors (Lipinski definition) is 3. The number of carboxylic acids is 1. The first kappa shape index (κ1) is 11.5. The Balaban J connectivity index is 2.62. The smallest absolute Gasteiger partial charge is 0.352 e. The van der Waals surface area contributed by atoms with Crippen LogP contribution in [-0.2, 0) is 6.54 Å². The topological polar surface area (TPSA) is 72.4 Å². The van der Waals surface area contributed by atoms with Gasteiger partial charge in [-0.3, -0.25) is 0 Å². The molecule has 5 heteroatoms. The summed E-state index contributed by atoms with van der Waals surface area (Å²) in [4.78, 5) is 23.2. The summed E-state index contributed by atoms with van der Waals surface area (Å²) in [5.74, 6) is -1.05. The number of aromatic carboxylic acids is 1. The van der Waals surface area contributed by atoms with E-state index in [-0.39, 0.29) is 5.69 Å². The van der Waals surface area contributed by atoms with Gasteiger partial charge in [-0.25, -0.2) is 9.59 Å². The van der Waals surface area contributed by atoms with Gasteiger partial charge in [-0.2, -0.15) is 0 Å².